The molecule has 0 N–H and O–H groups in total. The van der Waals surface area contributed by atoms with Crippen molar-refractivity contribution >= 4 is 11.6 Å². The van der Waals surface area contributed by atoms with Gasteiger partial charge in [-0.3, -0.25) is 4.79 Å². The molecule has 1 fully saturated rings. The van der Waals surface area contributed by atoms with Gasteiger partial charge in [0.05, 0.1) is 11.6 Å². The minimum absolute atomic E-state index is 0.0841. The molecular weight excluding hydrogens is 352 g/mol. The van der Waals surface area contributed by atoms with Crippen molar-refractivity contribution in [3.05, 3.63) is 65.0 Å². The van der Waals surface area contributed by atoms with E-state index in [2.05, 4.69) is 28.3 Å². The summed E-state index contributed by atoms with van der Waals surface area (Å²) in [7, 11) is 0. The number of anilines is 1. The highest BCUT2D eigenvalue weighted by Crippen LogP contribution is 2.34. The van der Waals surface area contributed by atoms with Gasteiger partial charge in [-0.05, 0) is 60.7 Å². The fourth-order valence-corrected chi connectivity index (χ4v) is 4.10. The summed E-state index contributed by atoms with van der Waals surface area (Å²) < 4.78 is 5.40. The summed E-state index contributed by atoms with van der Waals surface area (Å²) in [4.78, 5) is 18.9. The second-order valence-electron chi connectivity index (χ2n) is 7.36. The Balaban J connectivity index is 1.38. The van der Waals surface area contributed by atoms with Gasteiger partial charge in [-0.1, -0.05) is 17.3 Å². The van der Waals surface area contributed by atoms with Crippen LogP contribution in [0.25, 0.3) is 11.5 Å². The van der Waals surface area contributed by atoms with Gasteiger partial charge in [0.2, 0.25) is 5.91 Å². The Morgan fingerprint density at radius 1 is 1.14 bits per heavy atom. The van der Waals surface area contributed by atoms with E-state index in [0.29, 0.717) is 35.8 Å². The summed E-state index contributed by atoms with van der Waals surface area (Å²) in [5.74, 6) is 0.892. The summed E-state index contributed by atoms with van der Waals surface area (Å²) in [6, 6.07) is 15.5. The zero-order chi connectivity index (χ0) is 19.1. The molecule has 138 valence electrons. The van der Waals surface area contributed by atoms with Crippen LogP contribution in [0, 0.1) is 11.3 Å². The molecule has 1 aliphatic carbocycles. The molecule has 2 aliphatic rings. The van der Waals surface area contributed by atoms with Crippen LogP contribution in [0.2, 0.25) is 0 Å². The van der Waals surface area contributed by atoms with Crippen LogP contribution in [0.4, 0.5) is 5.69 Å². The van der Waals surface area contributed by atoms with Gasteiger partial charge in [-0.15, -0.1) is 0 Å². The molecule has 0 radical (unpaired) electrons. The molecule has 6 heteroatoms. The van der Waals surface area contributed by atoms with Crippen LogP contribution in [-0.2, 0) is 17.6 Å². The number of fused-ring (bicyclic) bond motifs is 1. The van der Waals surface area contributed by atoms with Gasteiger partial charge < -0.3 is 9.42 Å². The SMILES string of the molecule is N#Cc1cccc(-c2nc(C3CC(=O)N(c4ccc5c(c4)CCC5)C3)no2)c1. The van der Waals surface area contributed by atoms with Crippen LogP contribution in [-0.4, -0.2) is 22.6 Å². The minimum Gasteiger partial charge on any atom is -0.334 e. The highest BCUT2D eigenvalue weighted by molar-refractivity contribution is 5.96. The van der Waals surface area contributed by atoms with Gasteiger partial charge in [0, 0.05) is 30.1 Å². The molecule has 2 heterocycles. The lowest BCUT2D eigenvalue weighted by atomic mass is 10.1. The van der Waals surface area contributed by atoms with Gasteiger partial charge in [-0.25, -0.2) is 0 Å². The second kappa shape index (κ2) is 6.61. The second-order valence-corrected chi connectivity index (χ2v) is 7.36. The number of amides is 1. The van der Waals surface area contributed by atoms with Crippen molar-refractivity contribution in [3.8, 4) is 17.5 Å². The molecular formula is C22H18N4O2. The Kier molecular flexibility index (Phi) is 3.94. The van der Waals surface area contributed by atoms with Crippen molar-refractivity contribution in [2.24, 2.45) is 0 Å². The van der Waals surface area contributed by atoms with E-state index in [4.69, 9.17) is 9.78 Å². The fourth-order valence-electron chi connectivity index (χ4n) is 4.10. The lowest BCUT2D eigenvalue weighted by Gasteiger charge is -2.17. The molecule has 5 rings (SSSR count). The topological polar surface area (TPSA) is 83.0 Å². The average molecular weight is 370 g/mol. The van der Waals surface area contributed by atoms with Crippen molar-refractivity contribution < 1.29 is 9.32 Å². The van der Waals surface area contributed by atoms with Crippen LogP contribution < -0.4 is 4.90 Å². The summed E-state index contributed by atoms with van der Waals surface area (Å²) >= 11 is 0. The number of carbonyl (C=O) groups excluding carboxylic acids is 1. The van der Waals surface area contributed by atoms with Crippen molar-refractivity contribution in [2.45, 2.75) is 31.6 Å². The zero-order valence-corrected chi connectivity index (χ0v) is 15.3. The van der Waals surface area contributed by atoms with Crippen molar-refractivity contribution in [2.75, 3.05) is 11.4 Å². The Hall–Kier alpha value is -3.46. The molecule has 1 amide bonds. The first-order valence-electron chi connectivity index (χ1n) is 9.47. The maximum atomic E-state index is 12.6. The number of benzene rings is 2. The third-order valence-electron chi connectivity index (χ3n) is 5.56. The lowest BCUT2D eigenvalue weighted by molar-refractivity contribution is -0.117. The summed E-state index contributed by atoms with van der Waals surface area (Å²) in [5.41, 5.74) is 4.95. The van der Waals surface area contributed by atoms with E-state index in [0.717, 1.165) is 18.5 Å². The third-order valence-corrected chi connectivity index (χ3v) is 5.56. The highest BCUT2D eigenvalue weighted by atomic mass is 16.5. The van der Waals surface area contributed by atoms with Crippen molar-refractivity contribution in [3.63, 3.8) is 0 Å². The Morgan fingerprint density at radius 2 is 2.04 bits per heavy atom. The highest BCUT2D eigenvalue weighted by Gasteiger charge is 2.35. The zero-order valence-electron chi connectivity index (χ0n) is 15.3. The molecule has 0 saturated carbocycles. The van der Waals surface area contributed by atoms with Gasteiger partial charge in [-0.2, -0.15) is 10.2 Å². The van der Waals surface area contributed by atoms with E-state index in [-0.39, 0.29) is 11.8 Å². The van der Waals surface area contributed by atoms with Crippen molar-refractivity contribution in [1.82, 2.24) is 10.1 Å². The number of carbonyl (C=O) groups is 1. The molecule has 3 aromatic rings. The van der Waals surface area contributed by atoms with E-state index in [9.17, 15) is 4.79 Å². The van der Waals surface area contributed by atoms with Gasteiger partial charge in [0.15, 0.2) is 5.82 Å². The van der Waals surface area contributed by atoms with Crippen LogP contribution in [0.3, 0.4) is 0 Å². The van der Waals surface area contributed by atoms with Gasteiger partial charge in [0.1, 0.15) is 0 Å². The number of hydrogen-bond donors (Lipinski definition) is 0. The first-order chi connectivity index (χ1) is 13.7. The van der Waals surface area contributed by atoms with E-state index in [1.54, 1.807) is 18.2 Å². The standard InChI is InChI=1S/C22H18N4O2/c23-12-14-3-1-6-17(9-14)22-24-21(25-28-22)18-11-20(27)26(13-18)19-8-7-15-4-2-5-16(15)10-19/h1,3,6-10,18H,2,4-5,11,13H2. The summed E-state index contributed by atoms with van der Waals surface area (Å²) in [6.07, 6.45) is 3.78. The number of nitrogens with zero attached hydrogens (tertiary/aromatic N) is 4. The number of aromatic nitrogens is 2. The smallest absolute Gasteiger partial charge is 0.257 e. The predicted molar refractivity (Wildman–Crippen MR) is 103 cm³/mol. The van der Waals surface area contributed by atoms with Crippen LogP contribution in [0.5, 0.6) is 0 Å². The summed E-state index contributed by atoms with van der Waals surface area (Å²) in [6.45, 7) is 0.550. The molecule has 2 aromatic carbocycles. The number of nitriles is 1. The van der Waals surface area contributed by atoms with E-state index in [1.165, 1.54) is 17.5 Å². The molecule has 6 nitrogen and oxygen atoms in total. The first kappa shape index (κ1) is 16.7. The largest absolute Gasteiger partial charge is 0.334 e. The van der Waals surface area contributed by atoms with E-state index < -0.39 is 0 Å². The first-order valence-corrected chi connectivity index (χ1v) is 9.47. The lowest BCUT2D eigenvalue weighted by Crippen LogP contribution is -2.24. The quantitative estimate of drug-likeness (QED) is 0.703. The Bertz CT molecular complexity index is 1110. The molecule has 0 bridgehead atoms. The normalized spacial score (nSPS) is 18.3. The Labute approximate surface area is 162 Å². The van der Waals surface area contributed by atoms with E-state index >= 15 is 0 Å². The van der Waals surface area contributed by atoms with Crippen LogP contribution in [0.15, 0.2) is 47.0 Å². The number of rotatable bonds is 3. The van der Waals surface area contributed by atoms with Crippen molar-refractivity contribution in [1.29, 1.82) is 5.26 Å². The maximum absolute atomic E-state index is 12.6. The predicted octanol–water partition coefficient (Wildman–Crippen LogP) is 3.62. The molecule has 1 unspecified atom stereocenters. The molecule has 1 aromatic heterocycles. The minimum atomic E-state index is -0.0996. The molecule has 1 aliphatic heterocycles. The van der Waals surface area contributed by atoms with E-state index in [1.807, 2.05) is 17.0 Å². The Morgan fingerprint density at radius 3 is 2.93 bits per heavy atom. The molecule has 1 atom stereocenters. The number of aryl methyl sites for hydroxylation is 2. The maximum Gasteiger partial charge on any atom is 0.257 e. The molecule has 1 saturated heterocycles. The van der Waals surface area contributed by atoms with Crippen LogP contribution >= 0.6 is 0 Å². The molecule has 28 heavy (non-hydrogen) atoms. The molecule has 0 spiro atoms. The fraction of sp³-hybridized carbons (Fsp3) is 0.273. The van der Waals surface area contributed by atoms with Gasteiger partial charge >= 0.3 is 0 Å². The van der Waals surface area contributed by atoms with Gasteiger partial charge in [0.25, 0.3) is 5.89 Å². The third kappa shape index (κ3) is 2.85. The van der Waals surface area contributed by atoms with Crippen LogP contribution in [0.1, 0.15) is 41.3 Å². The number of hydrogen-bond acceptors (Lipinski definition) is 5. The average Bonchev–Trinajstić information content (AvgIpc) is 3.46. The summed E-state index contributed by atoms with van der Waals surface area (Å²) in [5, 5.41) is 13.2. The monoisotopic (exact) mass is 370 g/mol.